The van der Waals surface area contributed by atoms with Crippen LogP contribution in [0.15, 0.2) is 11.6 Å². The average Bonchev–Trinajstić information content (AvgIpc) is 3.06. The van der Waals surface area contributed by atoms with Crippen molar-refractivity contribution < 1.29 is 5.11 Å². The number of rotatable bonds is 5. The number of allylic oxidation sites excluding steroid dienone is 2. The summed E-state index contributed by atoms with van der Waals surface area (Å²) in [6, 6.07) is 0. The Bertz CT molecular complexity index is 634. The highest BCUT2D eigenvalue weighted by Crippen LogP contribution is 2.68. The summed E-state index contributed by atoms with van der Waals surface area (Å²) in [6.07, 6.45) is 17.2. The Hall–Kier alpha value is -0.300. The molecule has 1 nitrogen and oxygen atoms in total. The second-order valence-electron chi connectivity index (χ2n) is 12.8. The third-order valence-electron chi connectivity index (χ3n) is 11.4. The summed E-state index contributed by atoms with van der Waals surface area (Å²) in [5.41, 5.74) is 2.77. The second-order valence-corrected chi connectivity index (χ2v) is 12.8. The molecule has 4 aliphatic rings. The molecule has 0 spiro atoms. The molecule has 0 aromatic carbocycles. The van der Waals surface area contributed by atoms with Gasteiger partial charge in [0.2, 0.25) is 0 Å². The first kappa shape index (κ1) is 22.9. The van der Waals surface area contributed by atoms with Gasteiger partial charge in [-0.3, -0.25) is 0 Å². The van der Waals surface area contributed by atoms with Crippen LogP contribution in [0, 0.1) is 52.3 Å². The van der Waals surface area contributed by atoms with E-state index in [2.05, 4.69) is 47.6 Å². The largest absolute Gasteiger partial charge is 0.393 e. The maximum absolute atomic E-state index is 10.3. The summed E-state index contributed by atoms with van der Waals surface area (Å²) in [4.78, 5) is 0. The predicted molar refractivity (Wildman–Crippen MR) is 128 cm³/mol. The van der Waals surface area contributed by atoms with Gasteiger partial charge in [0, 0.05) is 0 Å². The molecule has 9 atom stereocenters. The maximum Gasteiger partial charge on any atom is 0.0543 e. The molecule has 0 bridgehead atoms. The van der Waals surface area contributed by atoms with Crippen LogP contribution in [0.2, 0.25) is 0 Å². The van der Waals surface area contributed by atoms with Gasteiger partial charge in [-0.1, -0.05) is 46.3 Å². The van der Waals surface area contributed by atoms with Crippen molar-refractivity contribution in [1.29, 1.82) is 0 Å². The minimum absolute atomic E-state index is 0.0157. The molecule has 4 rings (SSSR count). The second kappa shape index (κ2) is 8.57. The average molecular weight is 415 g/mol. The molecule has 0 amide bonds. The standard InChI is InChI=1S/C29H50O/c1-7-21(19(2)3)9-8-20(4)25-12-13-26-24-11-10-22-18-23(30)14-16-28(22,5)27(24)15-17-29(25,26)6/h7,19-20,22-27,30H,8-18H2,1-6H3/b21-7-/t20-,22+,23+,24+,25-,26+,27-,28+,29-/m1/s1. The lowest BCUT2D eigenvalue weighted by Gasteiger charge is -2.61. The molecule has 172 valence electrons. The smallest absolute Gasteiger partial charge is 0.0543 e. The zero-order chi connectivity index (χ0) is 21.7. The van der Waals surface area contributed by atoms with Gasteiger partial charge in [-0.05, 0) is 130 Å². The highest BCUT2D eigenvalue weighted by atomic mass is 16.3. The van der Waals surface area contributed by atoms with E-state index in [1.165, 1.54) is 57.8 Å². The number of aliphatic hydroxyl groups excluding tert-OH is 1. The van der Waals surface area contributed by atoms with Crippen molar-refractivity contribution in [2.45, 2.75) is 118 Å². The van der Waals surface area contributed by atoms with E-state index in [1.807, 2.05) is 0 Å². The minimum Gasteiger partial charge on any atom is -0.393 e. The van der Waals surface area contributed by atoms with Crippen LogP contribution in [0.1, 0.15) is 112 Å². The van der Waals surface area contributed by atoms with E-state index in [0.29, 0.717) is 16.7 Å². The first-order valence-corrected chi connectivity index (χ1v) is 13.5. The van der Waals surface area contributed by atoms with Crippen molar-refractivity contribution in [3.63, 3.8) is 0 Å². The van der Waals surface area contributed by atoms with E-state index in [4.69, 9.17) is 0 Å². The molecule has 1 N–H and O–H groups in total. The van der Waals surface area contributed by atoms with Crippen LogP contribution in [0.25, 0.3) is 0 Å². The molecule has 0 aliphatic heterocycles. The monoisotopic (exact) mass is 414 g/mol. The van der Waals surface area contributed by atoms with Gasteiger partial charge in [0.1, 0.15) is 0 Å². The summed E-state index contributed by atoms with van der Waals surface area (Å²) >= 11 is 0. The number of fused-ring (bicyclic) bond motifs is 5. The fourth-order valence-electron chi connectivity index (χ4n) is 9.57. The van der Waals surface area contributed by atoms with Crippen LogP contribution < -0.4 is 0 Å². The summed E-state index contributed by atoms with van der Waals surface area (Å²) in [6.45, 7) is 14.9. The van der Waals surface area contributed by atoms with Gasteiger partial charge >= 0.3 is 0 Å². The Labute approximate surface area is 187 Å². The van der Waals surface area contributed by atoms with Crippen LogP contribution in [0.5, 0.6) is 0 Å². The van der Waals surface area contributed by atoms with Crippen LogP contribution >= 0.6 is 0 Å². The quantitative estimate of drug-likeness (QED) is 0.451. The minimum atomic E-state index is -0.0157. The van der Waals surface area contributed by atoms with Crippen molar-refractivity contribution in [2.75, 3.05) is 0 Å². The lowest BCUT2D eigenvalue weighted by atomic mass is 9.44. The van der Waals surface area contributed by atoms with Crippen molar-refractivity contribution in [1.82, 2.24) is 0 Å². The fraction of sp³-hybridized carbons (Fsp3) is 0.931. The summed E-state index contributed by atoms with van der Waals surface area (Å²) in [5.74, 6) is 6.17. The van der Waals surface area contributed by atoms with E-state index in [0.717, 1.165) is 48.3 Å². The molecule has 4 saturated carbocycles. The Morgan fingerprint density at radius 1 is 0.933 bits per heavy atom. The Kier molecular flexibility index (Phi) is 6.53. The Balaban J connectivity index is 1.46. The molecule has 0 heterocycles. The summed E-state index contributed by atoms with van der Waals surface area (Å²) in [7, 11) is 0. The maximum atomic E-state index is 10.3. The molecule has 0 saturated heterocycles. The fourth-order valence-corrected chi connectivity index (χ4v) is 9.57. The zero-order valence-corrected chi connectivity index (χ0v) is 20.9. The molecule has 0 radical (unpaired) electrons. The normalized spacial score (nSPS) is 47.5. The van der Waals surface area contributed by atoms with E-state index in [-0.39, 0.29) is 6.10 Å². The van der Waals surface area contributed by atoms with Crippen LogP contribution in [0.4, 0.5) is 0 Å². The van der Waals surface area contributed by atoms with Crippen LogP contribution in [-0.4, -0.2) is 11.2 Å². The first-order valence-electron chi connectivity index (χ1n) is 13.5. The molecular weight excluding hydrogens is 364 g/mol. The van der Waals surface area contributed by atoms with Gasteiger partial charge in [-0.25, -0.2) is 0 Å². The van der Waals surface area contributed by atoms with E-state index < -0.39 is 0 Å². The third kappa shape index (κ3) is 3.74. The van der Waals surface area contributed by atoms with Crippen LogP contribution in [0.3, 0.4) is 0 Å². The van der Waals surface area contributed by atoms with Crippen molar-refractivity contribution in [2.24, 2.45) is 52.3 Å². The van der Waals surface area contributed by atoms with Crippen molar-refractivity contribution >= 4 is 0 Å². The van der Waals surface area contributed by atoms with Gasteiger partial charge in [-0.15, -0.1) is 0 Å². The molecule has 4 fully saturated rings. The SMILES string of the molecule is C/C=C(/CC[C@@H](C)[C@H]1CC[C@H]2[C@@H]3CC[C@H]4C[C@@H](O)CC[C@]4(C)[C@@H]3CC[C@]12C)C(C)C. The van der Waals surface area contributed by atoms with Crippen molar-refractivity contribution in [3.05, 3.63) is 11.6 Å². The molecule has 1 heteroatoms. The molecular formula is C29H50O. The molecule has 0 aromatic rings. The van der Waals surface area contributed by atoms with Crippen molar-refractivity contribution in [3.8, 4) is 0 Å². The van der Waals surface area contributed by atoms with E-state index >= 15 is 0 Å². The third-order valence-corrected chi connectivity index (χ3v) is 11.4. The number of aliphatic hydroxyl groups is 1. The van der Waals surface area contributed by atoms with Gasteiger partial charge in [0.25, 0.3) is 0 Å². The Morgan fingerprint density at radius 3 is 2.33 bits per heavy atom. The van der Waals surface area contributed by atoms with Gasteiger partial charge in [0.05, 0.1) is 6.10 Å². The summed E-state index contributed by atoms with van der Waals surface area (Å²) < 4.78 is 0. The number of hydrogen-bond acceptors (Lipinski definition) is 1. The van der Waals surface area contributed by atoms with Gasteiger partial charge < -0.3 is 5.11 Å². The topological polar surface area (TPSA) is 20.2 Å². The number of hydrogen-bond donors (Lipinski definition) is 1. The van der Waals surface area contributed by atoms with E-state index in [9.17, 15) is 5.11 Å². The van der Waals surface area contributed by atoms with E-state index in [1.54, 1.807) is 5.57 Å². The van der Waals surface area contributed by atoms with Gasteiger partial charge in [0.15, 0.2) is 0 Å². The lowest BCUT2D eigenvalue weighted by Crippen LogP contribution is -2.54. The molecule has 0 unspecified atom stereocenters. The van der Waals surface area contributed by atoms with Crippen LogP contribution in [-0.2, 0) is 0 Å². The molecule has 30 heavy (non-hydrogen) atoms. The molecule has 0 aromatic heterocycles. The highest BCUT2D eigenvalue weighted by molar-refractivity contribution is 5.10. The Morgan fingerprint density at radius 2 is 1.63 bits per heavy atom. The van der Waals surface area contributed by atoms with Gasteiger partial charge in [-0.2, -0.15) is 0 Å². The first-order chi connectivity index (χ1) is 14.2. The summed E-state index contributed by atoms with van der Waals surface area (Å²) in [5, 5.41) is 10.3. The lowest BCUT2D eigenvalue weighted by molar-refractivity contribution is -0.129. The zero-order valence-electron chi connectivity index (χ0n) is 20.9. The predicted octanol–water partition coefficient (Wildman–Crippen LogP) is 8.02. The molecule has 4 aliphatic carbocycles. The highest BCUT2D eigenvalue weighted by Gasteiger charge is 2.60.